The van der Waals surface area contributed by atoms with Gasteiger partial charge in [-0.05, 0) is 19.3 Å². The molecule has 1 aliphatic heterocycles. The minimum atomic E-state index is -3.05. The number of unbranched alkanes of at least 4 members (excludes halogenated alkanes) is 14. The lowest BCUT2D eigenvalue weighted by atomic mass is 10.0. The normalized spacial score (nSPS) is 19.9. The highest BCUT2D eigenvalue weighted by Gasteiger charge is 2.51. The van der Waals surface area contributed by atoms with Crippen LogP contribution in [0.4, 0.5) is 0 Å². The van der Waals surface area contributed by atoms with Crippen molar-refractivity contribution in [2.24, 2.45) is 5.92 Å². The Bertz CT molecular complexity index is 1210. The average molecular weight is 717 g/mol. The Kier molecular flexibility index (Phi) is 22.2. The van der Waals surface area contributed by atoms with Gasteiger partial charge < -0.3 is 24.6 Å². The fraction of sp³-hybridized carbons (Fsp3) is 0.824. The molecule has 280 valence electrons. The van der Waals surface area contributed by atoms with Gasteiger partial charge in [0.1, 0.15) is 12.2 Å². The predicted molar refractivity (Wildman–Crippen MR) is 184 cm³/mol. The van der Waals surface area contributed by atoms with Gasteiger partial charge in [0, 0.05) is 30.0 Å². The Morgan fingerprint density at radius 3 is 2.18 bits per heavy atom. The maximum Gasteiger partial charge on any atom is 0.695 e. The molecule has 1 aromatic rings. The first kappa shape index (κ1) is 42.7. The second-order valence-electron chi connectivity index (χ2n) is 12.9. The molecule has 0 aliphatic carbocycles. The Morgan fingerprint density at radius 1 is 0.959 bits per heavy atom. The smallest absolute Gasteiger partial charge is 0.455 e. The van der Waals surface area contributed by atoms with Crippen LogP contribution in [-0.2, 0) is 32.9 Å². The molecule has 0 bridgehead atoms. The predicted octanol–water partition coefficient (Wildman–Crippen LogP) is 4.79. The minimum Gasteiger partial charge on any atom is -0.455 e. The molecular weight excluding hydrogens is 657 g/mol. The van der Waals surface area contributed by atoms with E-state index in [2.05, 4.69) is 17.2 Å². The third-order valence-electron chi connectivity index (χ3n) is 8.74. The summed E-state index contributed by atoms with van der Waals surface area (Å²) >= 11 is 0. The number of ether oxygens (including phenoxy) is 3. The summed E-state index contributed by atoms with van der Waals surface area (Å²) in [5.74, 6) is -0.919. The number of carbonyl (C=O) groups is 2. The molecule has 0 radical (unpaired) electrons. The first-order chi connectivity index (χ1) is 23.7. The highest BCUT2D eigenvalue weighted by Crippen LogP contribution is 2.37. The molecule has 1 aromatic heterocycles. The molecule has 6 atom stereocenters. The summed E-state index contributed by atoms with van der Waals surface area (Å²) in [6.45, 7) is 3.87. The molecule has 0 spiro atoms. The summed E-state index contributed by atoms with van der Waals surface area (Å²) in [6, 6.07) is 1.13. The largest absolute Gasteiger partial charge is 0.695 e. The number of nitrogens with zero attached hydrogens (tertiary/aromatic N) is 1. The van der Waals surface area contributed by atoms with E-state index >= 15 is 0 Å². The molecule has 0 aromatic carbocycles. The number of carbonyl (C=O) groups excluding carboxylic acids is 2. The lowest BCUT2D eigenvalue weighted by Crippen LogP contribution is -2.40. The Hall–Kier alpha value is -2.48. The number of nitrogens with one attached hydrogen (secondary N) is 2. The van der Waals surface area contributed by atoms with Crippen molar-refractivity contribution in [1.29, 1.82) is 0 Å². The Morgan fingerprint density at radius 2 is 1.57 bits per heavy atom. The molecule has 49 heavy (non-hydrogen) atoms. The number of aromatic nitrogens is 2. The summed E-state index contributed by atoms with van der Waals surface area (Å²) in [5.41, 5.74) is -1.37. The molecule has 0 saturated carbocycles. The van der Waals surface area contributed by atoms with Gasteiger partial charge in [0.15, 0.2) is 18.9 Å². The summed E-state index contributed by atoms with van der Waals surface area (Å²) in [7, 11) is -3.05. The van der Waals surface area contributed by atoms with E-state index < -0.39 is 50.7 Å². The number of hydrogen-bond donors (Lipinski definition) is 4. The number of H-pyrrole nitrogens is 1. The van der Waals surface area contributed by atoms with E-state index in [-0.39, 0.29) is 31.0 Å². The molecule has 1 amide bonds. The van der Waals surface area contributed by atoms with Crippen molar-refractivity contribution < 1.29 is 42.9 Å². The first-order valence-electron chi connectivity index (χ1n) is 18.1. The quantitative estimate of drug-likeness (QED) is 0.0529. The van der Waals surface area contributed by atoms with E-state index in [0.717, 1.165) is 42.7 Å². The summed E-state index contributed by atoms with van der Waals surface area (Å²) in [4.78, 5) is 59.7. The van der Waals surface area contributed by atoms with E-state index in [4.69, 9.17) is 18.7 Å². The summed E-state index contributed by atoms with van der Waals surface area (Å²) in [6.07, 6.45) is 15.7. The highest BCUT2D eigenvalue weighted by molar-refractivity contribution is 7.32. The maximum absolute atomic E-state index is 12.3. The molecule has 1 aliphatic rings. The number of amides is 1. The number of esters is 1. The standard InChI is InChI=1S/C34H58N3O11P/c1-3-4-5-6-7-8-9-10-11-12-13-16-19-26(2)33(41)46-25-29(40)35-21-17-14-15-18-23-45-31-30(48-49(43)44)27(24-38)47-32(31)37-22-20-28(39)36-34(37)42/h20,22,26-27,30-32,38H,3-19,21,23-25H2,1-2H3,(H2-,35,36,39,40,42,43,44)/p+1/t26?,27-,30?,31?,32-/m1/s1. The van der Waals surface area contributed by atoms with Crippen LogP contribution in [0, 0.1) is 5.92 Å². The number of aliphatic hydroxyl groups excluding tert-OH is 1. The monoisotopic (exact) mass is 716 g/mol. The second-order valence-corrected chi connectivity index (χ2v) is 13.5. The van der Waals surface area contributed by atoms with Crippen LogP contribution < -0.4 is 16.6 Å². The molecule has 2 rings (SSSR count). The van der Waals surface area contributed by atoms with E-state index in [1.54, 1.807) is 0 Å². The number of hydrogen-bond acceptors (Lipinski definition) is 10. The minimum absolute atomic E-state index is 0.197. The summed E-state index contributed by atoms with van der Waals surface area (Å²) in [5, 5.41) is 12.5. The molecule has 2 heterocycles. The van der Waals surface area contributed by atoms with E-state index in [1.165, 1.54) is 70.4 Å². The van der Waals surface area contributed by atoms with Gasteiger partial charge in [-0.15, -0.1) is 9.42 Å². The van der Waals surface area contributed by atoms with Gasteiger partial charge in [0.25, 0.3) is 11.5 Å². The van der Waals surface area contributed by atoms with Crippen molar-refractivity contribution in [2.75, 3.05) is 26.4 Å². The zero-order chi connectivity index (χ0) is 35.9. The van der Waals surface area contributed by atoms with Crippen LogP contribution in [0.15, 0.2) is 21.9 Å². The van der Waals surface area contributed by atoms with Crippen molar-refractivity contribution in [3.8, 4) is 0 Å². The fourth-order valence-corrected chi connectivity index (χ4v) is 6.35. The van der Waals surface area contributed by atoms with Crippen LogP contribution in [-0.4, -0.2) is 76.1 Å². The zero-order valence-electron chi connectivity index (χ0n) is 29.4. The highest BCUT2D eigenvalue weighted by atomic mass is 31.1. The van der Waals surface area contributed by atoms with Gasteiger partial charge >= 0.3 is 19.9 Å². The molecule has 4 N–H and O–H groups in total. The van der Waals surface area contributed by atoms with Crippen molar-refractivity contribution in [3.05, 3.63) is 33.1 Å². The Labute approximate surface area is 290 Å². The number of aromatic amines is 1. The lowest BCUT2D eigenvalue weighted by molar-refractivity contribution is -0.152. The number of aliphatic hydroxyl groups is 1. The van der Waals surface area contributed by atoms with E-state index in [9.17, 15) is 33.7 Å². The van der Waals surface area contributed by atoms with Crippen LogP contribution in [0.1, 0.15) is 129 Å². The lowest BCUT2D eigenvalue weighted by Gasteiger charge is -2.22. The molecule has 1 fully saturated rings. The molecule has 15 heteroatoms. The average Bonchev–Trinajstić information content (AvgIpc) is 3.40. The van der Waals surface area contributed by atoms with Crippen molar-refractivity contribution in [2.45, 2.75) is 148 Å². The van der Waals surface area contributed by atoms with Gasteiger partial charge in [-0.25, -0.2) is 4.79 Å². The van der Waals surface area contributed by atoms with E-state index in [0.29, 0.717) is 19.4 Å². The molecule has 14 nitrogen and oxygen atoms in total. The van der Waals surface area contributed by atoms with Crippen LogP contribution >= 0.6 is 8.25 Å². The van der Waals surface area contributed by atoms with E-state index in [1.807, 2.05) is 6.92 Å². The van der Waals surface area contributed by atoms with Crippen LogP contribution in [0.25, 0.3) is 0 Å². The van der Waals surface area contributed by atoms with Gasteiger partial charge in [-0.2, -0.15) is 0 Å². The van der Waals surface area contributed by atoms with Crippen LogP contribution in [0.3, 0.4) is 0 Å². The van der Waals surface area contributed by atoms with Gasteiger partial charge in [0.2, 0.25) is 0 Å². The SMILES string of the molecule is CCCCCCCCCCCCCCC(C)C(=O)OCC(=O)NCCCCCCOC1C(O[P+](=O)O)[C@@H](CO)O[C@H]1n1ccc(=O)[nH]c1=O. The second kappa shape index (κ2) is 25.5. The van der Waals surface area contributed by atoms with Crippen LogP contribution in [0.5, 0.6) is 0 Å². The maximum atomic E-state index is 12.3. The zero-order valence-corrected chi connectivity index (χ0v) is 30.2. The van der Waals surface area contributed by atoms with Crippen molar-refractivity contribution in [1.82, 2.24) is 14.9 Å². The molecular formula is C34H59N3O11P+. The van der Waals surface area contributed by atoms with Gasteiger partial charge in [-0.1, -0.05) is 104 Å². The van der Waals surface area contributed by atoms with Crippen molar-refractivity contribution in [3.63, 3.8) is 0 Å². The third kappa shape index (κ3) is 17.3. The van der Waals surface area contributed by atoms with Crippen LogP contribution in [0.2, 0.25) is 0 Å². The summed E-state index contributed by atoms with van der Waals surface area (Å²) < 4.78 is 34.4. The van der Waals surface area contributed by atoms with Crippen molar-refractivity contribution >= 4 is 20.1 Å². The Balaban J connectivity index is 1.55. The van der Waals surface area contributed by atoms with Gasteiger partial charge in [-0.3, -0.25) is 23.9 Å². The fourth-order valence-electron chi connectivity index (χ4n) is 5.88. The number of rotatable bonds is 28. The van der Waals surface area contributed by atoms with Gasteiger partial charge in [0.05, 0.1) is 12.5 Å². The topological polar surface area (TPSA) is 195 Å². The third-order valence-corrected chi connectivity index (χ3v) is 9.17. The first-order valence-corrected chi connectivity index (χ1v) is 19.3. The molecule has 4 unspecified atom stereocenters. The molecule has 1 saturated heterocycles.